The first-order valence-corrected chi connectivity index (χ1v) is 6.75. The molecule has 0 heterocycles. The molecule has 2 aromatic rings. The summed E-state index contributed by atoms with van der Waals surface area (Å²) in [6.45, 7) is 0. The summed E-state index contributed by atoms with van der Waals surface area (Å²) in [5, 5.41) is 21.9. The van der Waals surface area contributed by atoms with Gasteiger partial charge in [0, 0.05) is 5.02 Å². The van der Waals surface area contributed by atoms with E-state index < -0.39 is 0 Å². The number of benzene rings is 2. The average molecular weight is 331 g/mol. The smallest absolute Gasteiger partial charge is 0.237 e. The van der Waals surface area contributed by atoms with Crippen molar-refractivity contribution in [2.45, 2.75) is 0 Å². The van der Waals surface area contributed by atoms with Crippen LogP contribution in [0.4, 0.5) is 5.69 Å². The van der Waals surface area contributed by atoms with Crippen molar-refractivity contribution in [1.29, 1.82) is 10.5 Å². The van der Waals surface area contributed by atoms with Gasteiger partial charge in [-0.3, -0.25) is 5.43 Å². The predicted molar refractivity (Wildman–Crippen MR) is 85.3 cm³/mol. The molecule has 0 aliphatic rings. The fraction of sp³-hybridized carbons (Fsp3) is 0. The van der Waals surface area contributed by atoms with E-state index in [0.717, 1.165) is 0 Å². The lowest BCUT2D eigenvalue weighted by Gasteiger charge is -2.12. The first-order valence-electron chi connectivity index (χ1n) is 6.00. The maximum absolute atomic E-state index is 8.68. The highest BCUT2D eigenvalue weighted by Crippen LogP contribution is 2.35. The van der Waals surface area contributed by atoms with Crippen LogP contribution in [0.5, 0.6) is 11.5 Å². The highest BCUT2D eigenvalue weighted by atomic mass is 35.5. The van der Waals surface area contributed by atoms with Crippen LogP contribution < -0.4 is 10.2 Å². The van der Waals surface area contributed by atoms with Crippen LogP contribution in [0.2, 0.25) is 10.0 Å². The number of para-hydroxylation sites is 1. The van der Waals surface area contributed by atoms with Crippen molar-refractivity contribution in [1.82, 2.24) is 0 Å². The minimum atomic E-state index is -0.316. The molecule has 0 spiro atoms. The van der Waals surface area contributed by atoms with E-state index in [2.05, 4.69) is 10.5 Å². The van der Waals surface area contributed by atoms with Gasteiger partial charge >= 0.3 is 0 Å². The summed E-state index contributed by atoms with van der Waals surface area (Å²) in [6.07, 6.45) is 0. The first-order chi connectivity index (χ1) is 10.6. The second-order valence-electron chi connectivity index (χ2n) is 3.97. The number of hydrogen-bond acceptors (Lipinski definition) is 5. The van der Waals surface area contributed by atoms with E-state index in [1.807, 2.05) is 0 Å². The molecule has 2 aromatic carbocycles. The predicted octanol–water partition coefficient (Wildman–Crippen LogP) is 4.60. The minimum Gasteiger partial charge on any atom is -0.454 e. The Kier molecular flexibility index (Phi) is 5.21. The lowest BCUT2D eigenvalue weighted by Crippen LogP contribution is -1.98. The Morgan fingerprint density at radius 2 is 1.77 bits per heavy atom. The Morgan fingerprint density at radius 3 is 2.45 bits per heavy atom. The number of hydrazone groups is 1. The van der Waals surface area contributed by atoms with Crippen molar-refractivity contribution >= 4 is 34.6 Å². The molecule has 0 amide bonds. The molecule has 5 nitrogen and oxygen atoms in total. The Bertz CT molecular complexity index is 790. The number of hydrogen-bond donors (Lipinski definition) is 1. The third kappa shape index (κ3) is 3.89. The second-order valence-corrected chi connectivity index (χ2v) is 4.81. The third-order valence-corrected chi connectivity index (χ3v) is 3.05. The van der Waals surface area contributed by atoms with Crippen molar-refractivity contribution in [2.24, 2.45) is 5.10 Å². The summed E-state index contributed by atoms with van der Waals surface area (Å²) < 4.78 is 5.71. The van der Waals surface area contributed by atoms with E-state index in [0.29, 0.717) is 27.2 Å². The average Bonchev–Trinajstić information content (AvgIpc) is 2.52. The van der Waals surface area contributed by atoms with E-state index in [-0.39, 0.29) is 5.71 Å². The molecule has 0 saturated carbocycles. The number of anilines is 1. The fourth-order valence-electron chi connectivity index (χ4n) is 1.52. The molecule has 2 rings (SSSR count). The maximum atomic E-state index is 8.68. The van der Waals surface area contributed by atoms with Crippen LogP contribution in [0.3, 0.4) is 0 Å². The lowest BCUT2D eigenvalue weighted by molar-refractivity contribution is 0.485. The number of rotatable bonds is 4. The quantitative estimate of drug-likeness (QED) is 0.656. The number of nitrogens with one attached hydrogen (secondary N) is 1. The van der Waals surface area contributed by atoms with Gasteiger partial charge in [-0.05, 0) is 30.3 Å². The molecule has 1 N–H and O–H groups in total. The SMILES string of the molecule is N#CC(C#N)=NNc1cc(Cl)ccc1Oc1ccccc1Cl. The molecule has 0 fully saturated rings. The van der Waals surface area contributed by atoms with Gasteiger partial charge in [0.25, 0.3) is 0 Å². The molecular weight excluding hydrogens is 323 g/mol. The van der Waals surface area contributed by atoms with Gasteiger partial charge in [-0.25, -0.2) is 0 Å². The zero-order valence-corrected chi connectivity index (χ0v) is 12.6. The normalized spacial score (nSPS) is 9.27. The molecule has 0 aromatic heterocycles. The van der Waals surface area contributed by atoms with Crippen LogP contribution in [-0.4, -0.2) is 5.71 Å². The zero-order valence-electron chi connectivity index (χ0n) is 11.0. The Balaban J connectivity index is 2.33. The summed E-state index contributed by atoms with van der Waals surface area (Å²) in [4.78, 5) is 0. The molecule has 0 radical (unpaired) electrons. The topological polar surface area (TPSA) is 81.2 Å². The summed E-state index contributed by atoms with van der Waals surface area (Å²) in [5.41, 5.74) is 2.67. The van der Waals surface area contributed by atoms with Gasteiger partial charge in [-0.15, -0.1) is 0 Å². The van der Waals surface area contributed by atoms with Crippen LogP contribution in [0.15, 0.2) is 47.6 Å². The monoisotopic (exact) mass is 330 g/mol. The molecule has 0 atom stereocenters. The van der Waals surface area contributed by atoms with Crippen molar-refractivity contribution in [3.8, 4) is 23.6 Å². The highest BCUT2D eigenvalue weighted by molar-refractivity contribution is 6.32. The van der Waals surface area contributed by atoms with Crippen LogP contribution >= 0.6 is 23.2 Å². The lowest BCUT2D eigenvalue weighted by atomic mass is 10.3. The van der Waals surface area contributed by atoms with Gasteiger partial charge in [-0.1, -0.05) is 35.3 Å². The summed E-state index contributed by atoms with van der Waals surface area (Å²) >= 11 is 12.0. The van der Waals surface area contributed by atoms with Gasteiger partial charge in [0.1, 0.15) is 23.6 Å². The van der Waals surface area contributed by atoms with Crippen molar-refractivity contribution in [3.63, 3.8) is 0 Å². The number of ether oxygens (including phenoxy) is 1. The first kappa shape index (κ1) is 15.7. The van der Waals surface area contributed by atoms with Crippen molar-refractivity contribution < 1.29 is 4.74 Å². The molecule has 22 heavy (non-hydrogen) atoms. The van der Waals surface area contributed by atoms with E-state index in [1.54, 1.807) is 54.6 Å². The maximum Gasteiger partial charge on any atom is 0.237 e. The fourth-order valence-corrected chi connectivity index (χ4v) is 1.86. The molecule has 108 valence electrons. The molecule has 0 saturated heterocycles. The zero-order chi connectivity index (χ0) is 15.9. The standard InChI is InChI=1S/C15H8Cl2N4O/c16-10-5-6-15(22-14-4-2-1-3-12(14)17)13(7-10)21-20-11(8-18)9-19/h1-7,21H. The molecular formula is C15H8Cl2N4O. The molecule has 0 aliphatic heterocycles. The molecule has 0 unspecified atom stereocenters. The van der Waals surface area contributed by atoms with Gasteiger partial charge in [0.05, 0.1) is 5.02 Å². The van der Waals surface area contributed by atoms with E-state index in [4.69, 9.17) is 38.5 Å². The van der Waals surface area contributed by atoms with Crippen LogP contribution in [-0.2, 0) is 0 Å². The number of nitrogens with zero attached hydrogens (tertiary/aromatic N) is 3. The Hall–Kier alpha value is -2.73. The Labute approximate surface area is 137 Å². The van der Waals surface area contributed by atoms with Crippen molar-refractivity contribution in [2.75, 3.05) is 5.43 Å². The molecule has 7 heteroatoms. The van der Waals surface area contributed by atoms with Crippen LogP contribution in [0.25, 0.3) is 0 Å². The van der Waals surface area contributed by atoms with Gasteiger partial charge in [0.2, 0.25) is 5.71 Å². The molecule has 0 bridgehead atoms. The summed E-state index contributed by atoms with van der Waals surface area (Å²) in [6, 6.07) is 15.1. The largest absolute Gasteiger partial charge is 0.454 e. The van der Waals surface area contributed by atoms with E-state index in [9.17, 15) is 0 Å². The van der Waals surface area contributed by atoms with Gasteiger partial charge in [0.15, 0.2) is 5.75 Å². The Morgan fingerprint density at radius 1 is 1.05 bits per heavy atom. The van der Waals surface area contributed by atoms with Gasteiger partial charge < -0.3 is 4.74 Å². The summed E-state index contributed by atoms with van der Waals surface area (Å²) in [7, 11) is 0. The second kappa shape index (κ2) is 7.33. The number of nitriles is 2. The summed E-state index contributed by atoms with van der Waals surface area (Å²) in [5.74, 6) is 0.857. The van der Waals surface area contributed by atoms with Gasteiger partial charge in [-0.2, -0.15) is 15.6 Å². The van der Waals surface area contributed by atoms with Crippen molar-refractivity contribution in [3.05, 3.63) is 52.5 Å². The third-order valence-electron chi connectivity index (χ3n) is 2.50. The molecule has 0 aliphatic carbocycles. The van der Waals surface area contributed by atoms with E-state index >= 15 is 0 Å². The highest BCUT2D eigenvalue weighted by Gasteiger charge is 2.08. The number of halogens is 2. The van der Waals surface area contributed by atoms with E-state index in [1.165, 1.54) is 0 Å². The van der Waals surface area contributed by atoms with Crippen LogP contribution in [0, 0.1) is 22.7 Å². The van der Waals surface area contributed by atoms with Crippen LogP contribution in [0.1, 0.15) is 0 Å². The minimum absolute atomic E-state index is 0.316.